The second kappa shape index (κ2) is 6.96. The van der Waals surface area contributed by atoms with Crippen LogP contribution in [0.1, 0.15) is 18.4 Å². The quantitative estimate of drug-likeness (QED) is 0.829. The van der Waals surface area contributed by atoms with Crippen LogP contribution in [0.3, 0.4) is 0 Å². The molecule has 0 aliphatic carbocycles. The molecule has 2 aliphatic heterocycles. The van der Waals surface area contributed by atoms with Gasteiger partial charge in [0.2, 0.25) is 0 Å². The number of amides is 1. The third kappa shape index (κ3) is 3.13. The van der Waals surface area contributed by atoms with E-state index in [0.29, 0.717) is 0 Å². The topological polar surface area (TPSA) is 32.8 Å². The van der Waals surface area contributed by atoms with Gasteiger partial charge < -0.3 is 9.64 Å². The molecule has 0 atom stereocenters. The smallest absolute Gasteiger partial charge is 0.419 e. The Bertz CT molecular complexity index is 780. The van der Waals surface area contributed by atoms with Crippen LogP contribution >= 0.6 is 0 Å². The van der Waals surface area contributed by atoms with Crippen LogP contribution in [0, 0.1) is 0 Å². The first-order valence-corrected chi connectivity index (χ1v) is 9.22. The summed E-state index contributed by atoms with van der Waals surface area (Å²) in [5.41, 5.74) is 2.41. The minimum absolute atomic E-state index is 0.307. The molecule has 2 heterocycles. The molecule has 0 bridgehead atoms. The fraction of sp³-hybridized carbons (Fsp3) is 0.318. The Morgan fingerprint density at radius 3 is 2.23 bits per heavy atom. The van der Waals surface area contributed by atoms with Gasteiger partial charge in [-0.2, -0.15) is 0 Å². The lowest BCUT2D eigenvalue weighted by atomic mass is 9.88. The van der Waals surface area contributed by atoms with Crippen LogP contribution in [0.4, 0.5) is 10.5 Å². The van der Waals surface area contributed by atoms with Crippen molar-refractivity contribution >= 4 is 11.8 Å². The third-order valence-corrected chi connectivity index (χ3v) is 5.50. The summed E-state index contributed by atoms with van der Waals surface area (Å²) < 4.78 is 5.84. The van der Waals surface area contributed by atoms with E-state index in [0.717, 1.165) is 50.3 Å². The van der Waals surface area contributed by atoms with E-state index in [-0.39, 0.29) is 6.09 Å². The maximum atomic E-state index is 12.5. The SMILES string of the molecule is C=C1N(c2ccccc2)C(=O)OC12CCN(CCc1ccccc1)CC2. The van der Waals surface area contributed by atoms with Gasteiger partial charge in [-0.25, -0.2) is 9.69 Å². The molecule has 0 saturated carbocycles. The van der Waals surface area contributed by atoms with Gasteiger partial charge >= 0.3 is 6.09 Å². The van der Waals surface area contributed by atoms with Crippen molar-refractivity contribution in [3.63, 3.8) is 0 Å². The number of ether oxygens (including phenoxy) is 1. The molecule has 1 spiro atoms. The van der Waals surface area contributed by atoms with Gasteiger partial charge in [-0.15, -0.1) is 0 Å². The molecule has 26 heavy (non-hydrogen) atoms. The summed E-state index contributed by atoms with van der Waals surface area (Å²) in [6, 6.07) is 20.2. The Balaban J connectivity index is 1.39. The molecule has 2 saturated heterocycles. The van der Waals surface area contributed by atoms with Gasteiger partial charge in [-0.05, 0) is 24.1 Å². The molecule has 0 aromatic heterocycles. The highest BCUT2D eigenvalue weighted by Gasteiger charge is 2.50. The molecular weight excluding hydrogens is 324 g/mol. The highest BCUT2D eigenvalue weighted by molar-refractivity contribution is 5.95. The average Bonchev–Trinajstić information content (AvgIpc) is 2.92. The van der Waals surface area contributed by atoms with Crippen molar-refractivity contribution in [2.75, 3.05) is 24.5 Å². The summed E-state index contributed by atoms with van der Waals surface area (Å²) >= 11 is 0. The third-order valence-electron chi connectivity index (χ3n) is 5.50. The summed E-state index contributed by atoms with van der Waals surface area (Å²) in [6.45, 7) is 7.09. The number of anilines is 1. The summed E-state index contributed by atoms with van der Waals surface area (Å²) in [6.07, 6.45) is 2.34. The predicted molar refractivity (Wildman–Crippen MR) is 103 cm³/mol. The largest absolute Gasteiger partial charge is 0.436 e. The molecule has 4 heteroatoms. The van der Waals surface area contributed by atoms with E-state index in [9.17, 15) is 4.79 Å². The summed E-state index contributed by atoms with van der Waals surface area (Å²) in [4.78, 5) is 16.6. The summed E-state index contributed by atoms with van der Waals surface area (Å²) in [5.74, 6) is 0. The first-order valence-electron chi connectivity index (χ1n) is 9.22. The normalized spacial score (nSPS) is 19.8. The fourth-order valence-electron chi connectivity index (χ4n) is 3.88. The molecule has 4 rings (SSSR count). The Kier molecular flexibility index (Phi) is 4.51. The molecular formula is C22H24N2O2. The second-order valence-electron chi connectivity index (χ2n) is 7.06. The van der Waals surface area contributed by atoms with Gasteiger partial charge in [0.25, 0.3) is 0 Å². The minimum atomic E-state index is -0.545. The number of nitrogens with zero attached hydrogens (tertiary/aromatic N) is 2. The van der Waals surface area contributed by atoms with E-state index in [2.05, 4.69) is 35.7 Å². The highest BCUT2D eigenvalue weighted by Crippen LogP contribution is 2.42. The van der Waals surface area contributed by atoms with Crippen LogP contribution in [0.5, 0.6) is 0 Å². The van der Waals surface area contributed by atoms with Crippen LogP contribution in [0.2, 0.25) is 0 Å². The van der Waals surface area contributed by atoms with Gasteiger partial charge in [-0.1, -0.05) is 55.1 Å². The second-order valence-corrected chi connectivity index (χ2v) is 7.06. The van der Waals surface area contributed by atoms with Crippen molar-refractivity contribution in [3.8, 4) is 0 Å². The lowest BCUT2D eigenvalue weighted by Gasteiger charge is -2.38. The van der Waals surface area contributed by atoms with E-state index in [1.54, 1.807) is 4.90 Å². The molecule has 2 aliphatic rings. The zero-order valence-electron chi connectivity index (χ0n) is 14.9. The van der Waals surface area contributed by atoms with E-state index in [4.69, 9.17) is 4.74 Å². The number of hydrogen-bond acceptors (Lipinski definition) is 3. The summed E-state index contributed by atoms with van der Waals surface area (Å²) in [5, 5.41) is 0. The van der Waals surface area contributed by atoms with E-state index in [1.165, 1.54) is 5.56 Å². The zero-order valence-corrected chi connectivity index (χ0v) is 14.9. The van der Waals surface area contributed by atoms with Gasteiger partial charge in [-0.3, -0.25) is 0 Å². The van der Waals surface area contributed by atoms with Gasteiger partial charge in [0.1, 0.15) is 0 Å². The van der Waals surface area contributed by atoms with Crippen molar-refractivity contribution in [1.82, 2.24) is 4.90 Å². The Labute approximate surface area is 154 Å². The van der Waals surface area contributed by atoms with Crippen LogP contribution in [-0.2, 0) is 11.2 Å². The monoisotopic (exact) mass is 348 g/mol. The first-order chi connectivity index (χ1) is 12.7. The molecule has 1 amide bonds. The number of carbonyl (C=O) groups excluding carboxylic acids is 1. The van der Waals surface area contributed by atoms with Crippen LogP contribution < -0.4 is 4.90 Å². The number of likely N-dealkylation sites (tertiary alicyclic amines) is 1. The molecule has 0 radical (unpaired) electrons. The van der Waals surface area contributed by atoms with E-state index >= 15 is 0 Å². The Morgan fingerprint density at radius 1 is 0.962 bits per heavy atom. The van der Waals surface area contributed by atoms with Crippen LogP contribution in [0.25, 0.3) is 0 Å². The van der Waals surface area contributed by atoms with Gasteiger partial charge in [0.05, 0.1) is 11.4 Å². The predicted octanol–water partition coefficient (Wildman–Crippen LogP) is 4.23. The van der Waals surface area contributed by atoms with Crippen molar-refractivity contribution in [2.45, 2.75) is 24.9 Å². The van der Waals surface area contributed by atoms with Crippen molar-refractivity contribution in [3.05, 3.63) is 78.5 Å². The molecule has 2 aromatic rings. The van der Waals surface area contributed by atoms with Crippen molar-refractivity contribution in [1.29, 1.82) is 0 Å². The molecule has 4 nitrogen and oxygen atoms in total. The zero-order chi connectivity index (χ0) is 18.0. The number of piperidine rings is 1. The maximum Gasteiger partial charge on any atom is 0.419 e. The van der Waals surface area contributed by atoms with E-state index < -0.39 is 5.60 Å². The molecule has 2 fully saturated rings. The average molecular weight is 348 g/mol. The van der Waals surface area contributed by atoms with Gasteiger partial charge in [0.15, 0.2) is 5.60 Å². The van der Waals surface area contributed by atoms with Crippen LogP contribution in [-0.4, -0.2) is 36.2 Å². The van der Waals surface area contributed by atoms with E-state index in [1.807, 2.05) is 36.4 Å². The number of benzene rings is 2. The Hall–Kier alpha value is -2.59. The highest BCUT2D eigenvalue weighted by atomic mass is 16.6. The molecule has 0 N–H and O–H groups in total. The number of carbonyl (C=O) groups is 1. The lowest BCUT2D eigenvalue weighted by Crippen LogP contribution is -2.46. The lowest BCUT2D eigenvalue weighted by molar-refractivity contribution is 0.0154. The first kappa shape index (κ1) is 16.9. The Morgan fingerprint density at radius 2 is 1.58 bits per heavy atom. The summed E-state index contributed by atoms with van der Waals surface area (Å²) in [7, 11) is 0. The van der Waals surface area contributed by atoms with Crippen LogP contribution in [0.15, 0.2) is 72.9 Å². The van der Waals surface area contributed by atoms with Crippen molar-refractivity contribution < 1.29 is 9.53 Å². The number of para-hydroxylation sites is 1. The molecule has 0 unspecified atom stereocenters. The number of hydrogen-bond donors (Lipinski definition) is 0. The van der Waals surface area contributed by atoms with Crippen molar-refractivity contribution in [2.24, 2.45) is 0 Å². The molecule has 2 aromatic carbocycles. The minimum Gasteiger partial charge on any atom is -0.436 e. The standard InChI is InChI=1S/C22H24N2O2/c1-18-22(26-21(25)24(18)20-10-6-3-7-11-20)13-16-23(17-14-22)15-12-19-8-4-2-5-9-19/h2-11H,1,12-17H2. The maximum absolute atomic E-state index is 12.5. The number of rotatable bonds is 4. The van der Waals surface area contributed by atoms with Gasteiger partial charge in [0, 0.05) is 32.5 Å². The molecule has 134 valence electrons. The fourth-order valence-corrected chi connectivity index (χ4v) is 3.88.